The van der Waals surface area contributed by atoms with Gasteiger partial charge in [-0.2, -0.15) is 0 Å². The molecule has 4 N–H and O–H groups in total. The van der Waals surface area contributed by atoms with E-state index in [1.165, 1.54) is 0 Å². The Bertz CT molecular complexity index is 34.5. The third kappa shape index (κ3) is 13300. The SMILES string of the molecule is CC(=O)O.N.[Zn]. The zero-order valence-corrected chi connectivity index (χ0v) is 6.74. The van der Waals surface area contributed by atoms with Gasteiger partial charge in [-0.3, -0.25) is 4.79 Å². The Morgan fingerprint density at radius 3 is 1.67 bits per heavy atom. The van der Waals surface area contributed by atoms with Crippen molar-refractivity contribution in [2.45, 2.75) is 6.92 Å². The van der Waals surface area contributed by atoms with Crippen molar-refractivity contribution in [3.63, 3.8) is 0 Å². The first-order chi connectivity index (χ1) is 1.73. The third-order valence-corrected chi connectivity index (χ3v) is 0. The molecule has 0 aromatic heterocycles. The van der Waals surface area contributed by atoms with Crippen molar-refractivity contribution < 1.29 is 29.4 Å². The molecule has 0 atom stereocenters. The topological polar surface area (TPSA) is 72.3 Å². The number of hydrogen-bond acceptors (Lipinski definition) is 2. The maximum atomic E-state index is 9.00. The standard InChI is InChI=1S/C2H4O2.H3N.Zn/c1-2(3)4;;/h1H3,(H,3,4);1H3;. The molecule has 0 saturated heterocycles. The zero-order valence-electron chi connectivity index (χ0n) is 3.77. The van der Waals surface area contributed by atoms with Gasteiger partial charge in [0.1, 0.15) is 0 Å². The molecule has 0 radical (unpaired) electrons. The van der Waals surface area contributed by atoms with Gasteiger partial charge in [0, 0.05) is 26.4 Å². The summed E-state index contributed by atoms with van der Waals surface area (Å²) in [6.45, 7) is 1.08. The van der Waals surface area contributed by atoms with Crippen LogP contribution in [0.2, 0.25) is 0 Å². The molecule has 0 saturated carbocycles. The van der Waals surface area contributed by atoms with E-state index < -0.39 is 5.97 Å². The van der Waals surface area contributed by atoms with Gasteiger partial charge in [0.25, 0.3) is 5.97 Å². The average molecular weight is 142 g/mol. The van der Waals surface area contributed by atoms with Crippen molar-refractivity contribution in [2.24, 2.45) is 0 Å². The number of hydrogen-bond donors (Lipinski definition) is 2. The molecule has 4 heteroatoms. The average Bonchev–Trinajstić information content (AvgIpc) is 0.811. The van der Waals surface area contributed by atoms with Crippen molar-refractivity contribution >= 4 is 5.97 Å². The van der Waals surface area contributed by atoms with E-state index in [9.17, 15) is 0 Å². The molecule has 0 spiro atoms. The van der Waals surface area contributed by atoms with Crippen LogP contribution >= 0.6 is 0 Å². The molecule has 3 nitrogen and oxygen atoms in total. The fraction of sp³-hybridized carbons (Fsp3) is 0.500. The largest absolute Gasteiger partial charge is 0.481 e. The van der Waals surface area contributed by atoms with Crippen LogP contribution in [0.3, 0.4) is 0 Å². The van der Waals surface area contributed by atoms with Crippen molar-refractivity contribution in [2.75, 3.05) is 0 Å². The maximum Gasteiger partial charge on any atom is 0.300 e. The number of carboxylic acid groups (broad SMARTS) is 1. The van der Waals surface area contributed by atoms with Crippen molar-refractivity contribution in [1.29, 1.82) is 0 Å². The first-order valence-electron chi connectivity index (χ1n) is 0.928. The van der Waals surface area contributed by atoms with Gasteiger partial charge in [0.05, 0.1) is 0 Å². The van der Waals surface area contributed by atoms with Gasteiger partial charge in [0.2, 0.25) is 0 Å². The van der Waals surface area contributed by atoms with Gasteiger partial charge in [0.15, 0.2) is 0 Å². The number of carbonyl (C=O) groups is 1. The van der Waals surface area contributed by atoms with Crippen LogP contribution in [0, 0.1) is 0 Å². The zero-order chi connectivity index (χ0) is 3.58. The van der Waals surface area contributed by atoms with E-state index >= 15 is 0 Å². The minimum Gasteiger partial charge on any atom is -0.481 e. The first kappa shape index (κ1) is 16.6. The van der Waals surface area contributed by atoms with Crippen LogP contribution in [0.1, 0.15) is 6.92 Å². The molecule has 0 aromatic carbocycles. The third-order valence-electron chi connectivity index (χ3n) is 0. The molecule has 0 aromatic rings. The summed E-state index contributed by atoms with van der Waals surface area (Å²) in [5.74, 6) is -0.833. The van der Waals surface area contributed by atoms with Gasteiger partial charge in [-0.25, -0.2) is 0 Å². The van der Waals surface area contributed by atoms with E-state index in [-0.39, 0.29) is 25.6 Å². The summed E-state index contributed by atoms with van der Waals surface area (Å²) in [6, 6.07) is 0. The van der Waals surface area contributed by atoms with Gasteiger partial charge in [-0.1, -0.05) is 0 Å². The predicted molar refractivity (Wildman–Crippen MR) is 18.3 cm³/mol. The summed E-state index contributed by atoms with van der Waals surface area (Å²) in [7, 11) is 0. The predicted octanol–water partition coefficient (Wildman–Crippen LogP) is 0.250. The summed E-state index contributed by atoms with van der Waals surface area (Å²) in [5.41, 5.74) is 0. The summed E-state index contributed by atoms with van der Waals surface area (Å²) in [4.78, 5) is 9.00. The second-order valence-corrected chi connectivity index (χ2v) is 0.519. The summed E-state index contributed by atoms with van der Waals surface area (Å²) < 4.78 is 0. The first-order valence-corrected chi connectivity index (χ1v) is 0.928. The van der Waals surface area contributed by atoms with E-state index in [4.69, 9.17) is 9.90 Å². The molecule has 0 heterocycles. The number of carboxylic acids is 1. The van der Waals surface area contributed by atoms with Gasteiger partial charge < -0.3 is 11.3 Å². The molecule has 0 aliphatic heterocycles. The van der Waals surface area contributed by atoms with Gasteiger partial charge >= 0.3 is 0 Å². The Morgan fingerprint density at radius 1 is 1.67 bits per heavy atom. The van der Waals surface area contributed by atoms with Crippen LogP contribution in [0.5, 0.6) is 0 Å². The van der Waals surface area contributed by atoms with Crippen LogP contribution in [0.4, 0.5) is 0 Å². The fourth-order valence-electron chi connectivity index (χ4n) is 0. The summed E-state index contributed by atoms with van der Waals surface area (Å²) in [6.07, 6.45) is 0. The number of rotatable bonds is 0. The van der Waals surface area contributed by atoms with Crippen LogP contribution in [-0.2, 0) is 24.3 Å². The molecule has 0 aliphatic rings. The fourth-order valence-corrected chi connectivity index (χ4v) is 0. The minimum absolute atomic E-state index is 0. The van der Waals surface area contributed by atoms with Crippen LogP contribution < -0.4 is 6.15 Å². The number of aliphatic carboxylic acids is 1. The molecule has 0 rings (SSSR count). The maximum absolute atomic E-state index is 9.00. The molecule has 0 unspecified atom stereocenters. The quantitative estimate of drug-likeness (QED) is 0.476. The van der Waals surface area contributed by atoms with Gasteiger partial charge in [-0.15, -0.1) is 0 Å². The Labute approximate surface area is 49.1 Å². The Kier molecular flexibility index (Phi) is 24.6. The van der Waals surface area contributed by atoms with Crippen molar-refractivity contribution in [1.82, 2.24) is 6.15 Å². The summed E-state index contributed by atoms with van der Waals surface area (Å²) >= 11 is 0. The minimum atomic E-state index is -0.833. The van der Waals surface area contributed by atoms with E-state index in [0.717, 1.165) is 6.92 Å². The normalized spacial score (nSPS) is 4.17. The Morgan fingerprint density at radius 2 is 1.67 bits per heavy atom. The van der Waals surface area contributed by atoms with Crippen LogP contribution in [0.15, 0.2) is 0 Å². The second kappa shape index (κ2) is 8.91. The van der Waals surface area contributed by atoms with Crippen LogP contribution in [0.25, 0.3) is 0 Å². The second-order valence-electron chi connectivity index (χ2n) is 0.519. The van der Waals surface area contributed by atoms with E-state index in [2.05, 4.69) is 0 Å². The molecular formula is C2H7NO2Zn. The molecule has 34 valence electrons. The van der Waals surface area contributed by atoms with Crippen molar-refractivity contribution in [3.8, 4) is 0 Å². The molecule has 0 aliphatic carbocycles. The van der Waals surface area contributed by atoms with E-state index in [1.54, 1.807) is 0 Å². The van der Waals surface area contributed by atoms with E-state index in [0.29, 0.717) is 0 Å². The monoisotopic (exact) mass is 141 g/mol. The molecule has 0 amide bonds. The molecule has 0 fully saturated rings. The van der Waals surface area contributed by atoms with Crippen LogP contribution in [-0.4, -0.2) is 11.1 Å². The smallest absolute Gasteiger partial charge is 0.300 e. The molecule has 6 heavy (non-hydrogen) atoms. The van der Waals surface area contributed by atoms with Crippen molar-refractivity contribution in [3.05, 3.63) is 0 Å². The van der Waals surface area contributed by atoms with Gasteiger partial charge in [-0.05, 0) is 0 Å². The molecule has 0 bridgehead atoms. The Balaban J connectivity index is -0.0000000450. The molecular weight excluding hydrogens is 135 g/mol. The Hall–Kier alpha value is 0.0534. The van der Waals surface area contributed by atoms with E-state index in [1.807, 2.05) is 0 Å². The summed E-state index contributed by atoms with van der Waals surface area (Å²) in [5, 5.41) is 7.42.